The van der Waals surface area contributed by atoms with E-state index in [4.69, 9.17) is 11.6 Å². The SMILES string of the molecule is COC(=O)Cc1c(Cl)ncc(C)c1C(F)F. The molecule has 0 aliphatic rings. The molecule has 0 aliphatic carbocycles. The van der Waals surface area contributed by atoms with Gasteiger partial charge in [0.2, 0.25) is 0 Å². The van der Waals surface area contributed by atoms with Gasteiger partial charge in [-0.2, -0.15) is 0 Å². The molecule has 0 spiro atoms. The highest BCUT2D eigenvalue weighted by Crippen LogP contribution is 2.30. The van der Waals surface area contributed by atoms with Crippen molar-refractivity contribution >= 4 is 17.6 Å². The molecular weight excluding hydrogens is 240 g/mol. The second kappa shape index (κ2) is 5.21. The minimum absolute atomic E-state index is 0.0310. The average molecular weight is 250 g/mol. The van der Waals surface area contributed by atoms with E-state index in [2.05, 4.69) is 9.72 Å². The monoisotopic (exact) mass is 249 g/mol. The van der Waals surface area contributed by atoms with E-state index in [0.717, 1.165) is 0 Å². The molecule has 0 saturated carbocycles. The summed E-state index contributed by atoms with van der Waals surface area (Å²) in [7, 11) is 1.18. The maximum absolute atomic E-state index is 12.8. The van der Waals surface area contributed by atoms with Crippen molar-refractivity contribution in [2.24, 2.45) is 0 Å². The fraction of sp³-hybridized carbons (Fsp3) is 0.400. The number of hydrogen-bond donors (Lipinski definition) is 0. The molecule has 0 fully saturated rings. The largest absolute Gasteiger partial charge is 0.469 e. The first-order valence-corrected chi connectivity index (χ1v) is 4.84. The topological polar surface area (TPSA) is 39.2 Å². The van der Waals surface area contributed by atoms with Gasteiger partial charge in [0.15, 0.2) is 0 Å². The number of rotatable bonds is 3. The Labute approximate surface area is 96.4 Å². The van der Waals surface area contributed by atoms with Crippen LogP contribution in [0.3, 0.4) is 0 Å². The number of alkyl halides is 2. The Morgan fingerprint density at radius 2 is 2.25 bits per heavy atom. The zero-order valence-electron chi connectivity index (χ0n) is 8.76. The van der Waals surface area contributed by atoms with Crippen LogP contribution < -0.4 is 0 Å². The molecule has 0 bridgehead atoms. The third-order valence-electron chi connectivity index (χ3n) is 2.14. The van der Waals surface area contributed by atoms with Gasteiger partial charge in [0.25, 0.3) is 6.43 Å². The Balaban J connectivity index is 3.23. The summed E-state index contributed by atoms with van der Waals surface area (Å²) in [6.07, 6.45) is -1.74. The van der Waals surface area contributed by atoms with E-state index < -0.39 is 12.4 Å². The van der Waals surface area contributed by atoms with Gasteiger partial charge in [0, 0.05) is 17.3 Å². The van der Waals surface area contributed by atoms with Crippen LogP contribution in [0, 0.1) is 6.92 Å². The van der Waals surface area contributed by atoms with Gasteiger partial charge in [-0.3, -0.25) is 4.79 Å². The Morgan fingerprint density at radius 1 is 1.62 bits per heavy atom. The highest BCUT2D eigenvalue weighted by molar-refractivity contribution is 6.30. The molecule has 0 atom stereocenters. The lowest BCUT2D eigenvalue weighted by Gasteiger charge is -2.11. The summed E-state index contributed by atoms with van der Waals surface area (Å²) in [5.41, 5.74) is 0.0900. The van der Waals surface area contributed by atoms with Crippen molar-refractivity contribution in [2.75, 3.05) is 7.11 Å². The van der Waals surface area contributed by atoms with Gasteiger partial charge in [-0.15, -0.1) is 0 Å². The van der Waals surface area contributed by atoms with Gasteiger partial charge < -0.3 is 4.74 Å². The Kier molecular flexibility index (Phi) is 4.18. The van der Waals surface area contributed by atoms with Gasteiger partial charge in [-0.1, -0.05) is 11.6 Å². The predicted octanol–water partition coefficient (Wildman–Crippen LogP) is 2.70. The molecule has 1 rings (SSSR count). The predicted molar refractivity (Wildman–Crippen MR) is 54.7 cm³/mol. The number of pyridine rings is 1. The number of aromatic nitrogens is 1. The molecule has 1 aromatic rings. The molecule has 3 nitrogen and oxygen atoms in total. The summed E-state index contributed by atoms with van der Waals surface area (Å²) >= 11 is 5.69. The molecule has 0 saturated heterocycles. The Bertz CT molecular complexity index is 410. The minimum Gasteiger partial charge on any atom is -0.469 e. The van der Waals surface area contributed by atoms with E-state index in [9.17, 15) is 13.6 Å². The van der Waals surface area contributed by atoms with Crippen LogP contribution in [0.15, 0.2) is 6.20 Å². The van der Waals surface area contributed by atoms with E-state index >= 15 is 0 Å². The number of carbonyl (C=O) groups excluding carboxylic acids is 1. The van der Waals surface area contributed by atoms with Crippen LogP contribution in [0.1, 0.15) is 23.1 Å². The van der Waals surface area contributed by atoms with Gasteiger partial charge in [0.1, 0.15) is 5.15 Å². The molecule has 0 unspecified atom stereocenters. The summed E-state index contributed by atoms with van der Waals surface area (Å²) in [5, 5.41) is -0.0914. The van der Waals surface area contributed by atoms with Crippen LogP contribution in [0.2, 0.25) is 5.15 Å². The first-order chi connectivity index (χ1) is 7.47. The number of esters is 1. The van der Waals surface area contributed by atoms with Crippen LogP contribution in [-0.4, -0.2) is 18.1 Å². The Morgan fingerprint density at radius 3 is 2.75 bits per heavy atom. The van der Waals surface area contributed by atoms with Gasteiger partial charge in [-0.05, 0) is 12.5 Å². The fourth-order valence-electron chi connectivity index (χ4n) is 1.34. The first kappa shape index (κ1) is 12.8. The van der Waals surface area contributed by atoms with Crippen LogP contribution in [0.5, 0.6) is 0 Å². The van der Waals surface area contributed by atoms with Crippen molar-refractivity contribution in [3.8, 4) is 0 Å². The van der Waals surface area contributed by atoms with Crippen LogP contribution in [-0.2, 0) is 16.0 Å². The third kappa shape index (κ3) is 2.66. The first-order valence-electron chi connectivity index (χ1n) is 4.46. The highest BCUT2D eigenvalue weighted by atomic mass is 35.5. The number of aryl methyl sites for hydroxylation is 1. The van der Waals surface area contributed by atoms with E-state index in [1.54, 1.807) is 0 Å². The zero-order chi connectivity index (χ0) is 12.3. The number of nitrogens with zero attached hydrogens (tertiary/aromatic N) is 1. The summed E-state index contributed by atoms with van der Waals surface area (Å²) in [6, 6.07) is 0. The van der Waals surface area contributed by atoms with Gasteiger partial charge in [0.05, 0.1) is 13.5 Å². The standard InChI is InChI=1S/C10H10ClF2NO2/c1-5-4-14-9(11)6(3-7(15)16-2)8(5)10(12)13/h4,10H,3H2,1-2H3. The van der Waals surface area contributed by atoms with Crippen molar-refractivity contribution in [2.45, 2.75) is 19.8 Å². The number of methoxy groups -OCH3 is 1. The Hall–Kier alpha value is -1.23. The number of carbonyl (C=O) groups is 1. The lowest BCUT2D eigenvalue weighted by Crippen LogP contribution is -2.10. The lowest BCUT2D eigenvalue weighted by molar-refractivity contribution is -0.139. The second-order valence-corrected chi connectivity index (χ2v) is 3.54. The van der Waals surface area contributed by atoms with Crippen LogP contribution >= 0.6 is 11.6 Å². The van der Waals surface area contributed by atoms with Crippen molar-refractivity contribution in [1.82, 2.24) is 4.98 Å². The van der Waals surface area contributed by atoms with E-state index in [1.165, 1.54) is 20.2 Å². The summed E-state index contributed by atoms with van der Waals surface area (Å²) < 4.78 is 30.0. The molecule has 6 heteroatoms. The molecule has 88 valence electrons. The second-order valence-electron chi connectivity index (χ2n) is 3.18. The fourth-order valence-corrected chi connectivity index (χ4v) is 1.56. The number of hydrogen-bond acceptors (Lipinski definition) is 3. The molecule has 0 aliphatic heterocycles. The zero-order valence-corrected chi connectivity index (χ0v) is 9.52. The summed E-state index contributed by atoms with van der Waals surface area (Å²) in [6.45, 7) is 1.49. The van der Waals surface area contributed by atoms with Gasteiger partial charge >= 0.3 is 5.97 Å². The molecule has 0 amide bonds. The quantitative estimate of drug-likeness (QED) is 0.611. The van der Waals surface area contributed by atoms with E-state index in [-0.39, 0.29) is 22.7 Å². The smallest absolute Gasteiger partial charge is 0.310 e. The number of ether oxygens (including phenoxy) is 1. The van der Waals surface area contributed by atoms with E-state index in [1.807, 2.05) is 0 Å². The van der Waals surface area contributed by atoms with Crippen molar-refractivity contribution < 1.29 is 18.3 Å². The van der Waals surface area contributed by atoms with Crippen LogP contribution in [0.4, 0.5) is 8.78 Å². The average Bonchev–Trinajstić information content (AvgIpc) is 2.22. The molecule has 16 heavy (non-hydrogen) atoms. The summed E-state index contributed by atoms with van der Waals surface area (Å²) in [5.74, 6) is -0.629. The summed E-state index contributed by atoms with van der Waals surface area (Å²) in [4.78, 5) is 14.8. The number of halogens is 3. The maximum Gasteiger partial charge on any atom is 0.310 e. The van der Waals surface area contributed by atoms with Crippen molar-refractivity contribution in [1.29, 1.82) is 0 Å². The molecule has 0 N–H and O–H groups in total. The minimum atomic E-state index is -2.69. The van der Waals surface area contributed by atoms with Crippen LogP contribution in [0.25, 0.3) is 0 Å². The van der Waals surface area contributed by atoms with Gasteiger partial charge in [-0.25, -0.2) is 13.8 Å². The normalized spacial score (nSPS) is 10.6. The van der Waals surface area contributed by atoms with E-state index in [0.29, 0.717) is 5.56 Å². The molecule has 1 heterocycles. The lowest BCUT2D eigenvalue weighted by atomic mass is 10.0. The molecule has 0 aromatic carbocycles. The van der Waals surface area contributed by atoms with Crippen molar-refractivity contribution in [3.05, 3.63) is 28.0 Å². The molecule has 0 radical (unpaired) electrons. The molecule has 1 aromatic heterocycles. The third-order valence-corrected chi connectivity index (χ3v) is 2.46. The highest BCUT2D eigenvalue weighted by Gasteiger charge is 2.21. The maximum atomic E-state index is 12.8. The van der Waals surface area contributed by atoms with Crippen molar-refractivity contribution in [3.63, 3.8) is 0 Å². The molecular formula is C10H10ClF2NO2.